The molecule has 0 atom stereocenters. The molecule has 1 aliphatic rings. The van der Waals surface area contributed by atoms with Crippen LogP contribution in [0.2, 0.25) is 0 Å². The molecular formula is C9H10F3O5S-. The number of carbonyl (C=O) groups excluding carboxylic acids is 1. The van der Waals surface area contributed by atoms with Crippen LogP contribution in [0.5, 0.6) is 0 Å². The van der Waals surface area contributed by atoms with Crippen LogP contribution in [0.4, 0.5) is 13.2 Å². The van der Waals surface area contributed by atoms with Crippen LogP contribution in [0.15, 0.2) is 11.3 Å². The average molecular weight is 287 g/mol. The Hall–Kier alpha value is -1.25. The summed E-state index contributed by atoms with van der Waals surface area (Å²) in [4.78, 5) is 10.7. The van der Waals surface area contributed by atoms with E-state index in [4.69, 9.17) is 0 Å². The maximum atomic E-state index is 12.1. The topological polar surface area (TPSA) is 83.5 Å². The molecule has 9 heteroatoms. The van der Waals surface area contributed by atoms with Gasteiger partial charge >= 0.3 is 15.6 Å². The van der Waals surface area contributed by atoms with Gasteiger partial charge in [-0.2, -0.15) is 21.6 Å². The standard InChI is InChI=1S/C9H11F3O5S/c10-9(11,12)18(15,16)17-7-5-3-1-2-4-6(7)8(13)14/h1-5H2,(H,13,14)/p-1. The molecule has 0 saturated heterocycles. The predicted molar refractivity (Wildman–Crippen MR) is 51.2 cm³/mol. The Morgan fingerprint density at radius 1 is 1.17 bits per heavy atom. The maximum Gasteiger partial charge on any atom is 0.534 e. The van der Waals surface area contributed by atoms with E-state index in [1.807, 2.05) is 0 Å². The molecule has 1 rings (SSSR count). The van der Waals surface area contributed by atoms with E-state index >= 15 is 0 Å². The molecule has 0 aliphatic heterocycles. The van der Waals surface area contributed by atoms with E-state index in [1.54, 1.807) is 0 Å². The van der Waals surface area contributed by atoms with Crippen LogP contribution < -0.4 is 5.11 Å². The fourth-order valence-corrected chi connectivity index (χ4v) is 2.09. The number of alkyl halides is 3. The molecule has 0 heterocycles. The van der Waals surface area contributed by atoms with Crippen LogP contribution in [0, 0.1) is 0 Å². The molecule has 0 aromatic carbocycles. The fourth-order valence-electron chi connectivity index (χ4n) is 1.54. The molecule has 0 fully saturated rings. The largest absolute Gasteiger partial charge is 0.545 e. The minimum absolute atomic E-state index is 0.0644. The Labute approximate surface area is 101 Å². The van der Waals surface area contributed by atoms with Gasteiger partial charge in [-0.05, 0) is 19.3 Å². The lowest BCUT2D eigenvalue weighted by Crippen LogP contribution is -2.29. The summed E-state index contributed by atoms with van der Waals surface area (Å²) in [6, 6.07) is 0. The van der Waals surface area contributed by atoms with E-state index < -0.39 is 32.9 Å². The molecule has 5 nitrogen and oxygen atoms in total. The van der Waals surface area contributed by atoms with Crippen molar-refractivity contribution in [2.75, 3.05) is 0 Å². The zero-order valence-corrected chi connectivity index (χ0v) is 9.94. The van der Waals surface area contributed by atoms with Gasteiger partial charge in [0, 0.05) is 12.0 Å². The molecule has 0 unspecified atom stereocenters. The Morgan fingerprint density at radius 3 is 2.22 bits per heavy atom. The third kappa shape index (κ3) is 3.37. The van der Waals surface area contributed by atoms with Gasteiger partial charge in [-0.1, -0.05) is 6.42 Å². The van der Waals surface area contributed by atoms with Crippen LogP contribution in [0.3, 0.4) is 0 Å². The molecule has 0 bridgehead atoms. The van der Waals surface area contributed by atoms with Crippen molar-refractivity contribution in [1.82, 2.24) is 0 Å². The van der Waals surface area contributed by atoms with Gasteiger partial charge in [-0.3, -0.25) is 0 Å². The first kappa shape index (κ1) is 14.8. The van der Waals surface area contributed by atoms with Gasteiger partial charge in [-0.15, -0.1) is 0 Å². The number of carboxylic acids is 1. The van der Waals surface area contributed by atoms with Gasteiger partial charge in [0.1, 0.15) is 5.76 Å². The smallest absolute Gasteiger partial charge is 0.534 e. The van der Waals surface area contributed by atoms with Gasteiger partial charge < -0.3 is 14.1 Å². The quantitative estimate of drug-likeness (QED) is 0.567. The molecule has 1 aliphatic carbocycles. The van der Waals surface area contributed by atoms with Gasteiger partial charge in [0.2, 0.25) is 0 Å². The Bertz CT molecular complexity index is 463. The molecule has 18 heavy (non-hydrogen) atoms. The summed E-state index contributed by atoms with van der Waals surface area (Å²) in [6.07, 6.45) is 1.14. The van der Waals surface area contributed by atoms with Crippen LogP contribution in [0.1, 0.15) is 32.1 Å². The summed E-state index contributed by atoms with van der Waals surface area (Å²) < 4.78 is 61.9. The molecule has 0 N–H and O–H groups in total. The van der Waals surface area contributed by atoms with E-state index in [9.17, 15) is 31.5 Å². The molecule has 104 valence electrons. The van der Waals surface area contributed by atoms with Crippen LogP contribution >= 0.6 is 0 Å². The fraction of sp³-hybridized carbons (Fsp3) is 0.667. The van der Waals surface area contributed by atoms with Gasteiger partial charge in [0.15, 0.2) is 0 Å². The summed E-state index contributed by atoms with van der Waals surface area (Å²) >= 11 is 0. The first-order valence-electron chi connectivity index (χ1n) is 5.09. The highest BCUT2D eigenvalue weighted by Crippen LogP contribution is 2.31. The summed E-state index contributed by atoms with van der Waals surface area (Å²) in [6.45, 7) is 0. The SMILES string of the molecule is O=C([O-])C1=C(OS(=O)(=O)C(F)(F)F)CCCCC1. The van der Waals surface area contributed by atoms with Crippen molar-refractivity contribution in [3.05, 3.63) is 11.3 Å². The lowest BCUT2D eigenvalue weighted by atomic mass is 10.1. The minimum Gasteiger partial charge on any atom is -0.545 e. The number of carbonyl (C=O) groups is 1. The van der Waals surface area contributed by atoms with Gasteiger partial charge in [0.05, 0.1) is 5.97 Å². The predicted octanol–water partition coefficient (Wildman–Crippen LogP) is 0.821. The lowest BCUT2D eigenvalue weighted by Gasteiger charge is -2.15. The van der Waals surface area contributed by atoms with Crippen LogP contribution in [-0.4, -0.2) is 19.9 Å². The number of allylic oxidation sites excluding steroid dienone is 1. The van der Waals surface area contributed by atoms with E-state index in [0.29, 0.717) is 19.3 Å². The summed E-state index contributed by atoms with van der Waals surface area (Å²) in [5.41, 5.74) is -6.09. The Morgan fingerprint density at radius 2 is 1.72 bits per heavy atom. The molecular weight excluding hydrogens is 277 g/mol. The third-order valence-corrected chi connectivity index (χ3v) is 3.39. The number of halogens is 3. The number of hydrogen-bond donors (Lipinski definition) is 0. The van der Waals surface area contributed by atoms with E-state index in [1.165, 1.54) is 0 Å². The molecule has 0 aromatic heterocycles. The molecule has 0 aromatic rings. The first-order valence-corrected chi connectivity index (χ1v) is 6.50. The second kappa shape index (κ2) is 5.17. The van der Waals surface area contributed by atoms with Gasteiger partial charge in [0.25, 0.3) is 0 Å². The lowest BCUT2D eigenvalue weighted by molar-refractivity contribution is -0.299. The van der Waals surface area contributed by atoms with Crippen molar-refractivity contribution in [1.29, 1.82) is 0 Å². The Kier molecular flexibility index (Phi) is 4.25. The summed E-state index contributed by atoms with van der Waals surface area (Å²) in [7, 11) is -5.83. The van der Waals surface area contributed by atoms with Crippen molar-refractivity contribution in [3.8, 4) is 0 Å². The molecule has 0 saturated carbocycles. The normalized spacial score (nSPS) is 18.4. The number of rotatable bonds is 3. The first-order chi connectivity index (χ1) is 8.15. The Balaban J connectivity index is 3.08. The zero-order valence-electron chi connectivity index (χ0n) is 9.12. The zero-order chi connectivity index (χ0) is 14.0. The second-order valence-electron chi connectivity index (χ2n) is 3.73. The van der Waals surface area contributed by atoms with Gasteiger partial charge in [-0.25, -0.2) is 0 Å². The van der Waals surface area contributed by atoms with E-state index in [0.717, 1.165) is 0 Å². The minimum atomic E-state index is -5.83. The number of hydrogen-bond acceptors (Lipinski definition) is 5. The van der Waals surface area contributed by atoms with E-state index in [-0.39, 0.29) is 12.8 Å². The highest BCUT2D eigenvalue weighted by atomic mass is 32.2. The van der Waals surface area contributed by atoms with Crippen molar-refractivity contribution in [2.24, 2.45) is 0 Å². The van der Waals surface area contributed by atoms with Crippen molar-refractivity contribution in [2.45, 2.75) is 37.6 Å². The third-order valence-electron chi connectivity index (χ3n) is 2.41. The van der Waals surface area contributed by atoms with Crippen LogP contribution in [0.25, 0.3) is 0 Å². The summed E-state index contributed by atoms with van der Waals surface area (Å²) in [5.74, 6) is -2.38. The van der Waals surface area contributed by atoms with Crippen molar-refractivity contribution < 1.29 is 35.7 Å². The maximum absolute atomic E-state index is 12.1. The summed E-state index contributed by atoms with van der Waals surface area (Å²) in [5, 5.41) is 10.7. The number of aliphatic carboxylic acids is 1. The molecule has 0 radical (unpaired) electrons. The molecule has 0 spiro atoms. The van der Waals surface area contributed by atoms with Crippen molar-refractivity contribution in [3.63, 3.8) is 0 Å². The highest BCUT2D eigenvalue weighted by molar-refractivity contribution is 7.87. The van der Waals surface area contributed by atoms with Crippen molar-refractivity contribution >= 4 is 16.1 Å². The van der Waals surface area contributed by atoms with Crippen LogP contribution in [-0.2, 0) is 19.1 Å². The number of carboxylic acid groups (broad SMARTS) is 1. The highest BCUT2D eigenvalue weighted by Gasteiger charge is 2.49. The monoisotopic (exact) mass is 287 g/mol. The second-order valence-corrected chi connectivity index (χ2v) is 5.27. The average Bonchev–Trinajstić information content (AvgIpc) is 2.40. The molecule has 0 amide bonds. The van der Waals surface area contributed by atoms with E-state index in [2.05, 4.69) is 4.18 Å².